The summed E-state index contributed by atoms with van der Waals surface area (Å²) in [5, 5.41) is 2.60. The molecule has 1 aliphatic rings. The third-order valence-corrected chi connectivity index (χ3v) is 5.04. The Morgan fingerprint density at radius 3 is 2.20 bits per heavy atom. The molecule has 0 amide bonds. The summed E-state index contributed by atoms with van der Waals surface area (Å²) in [6.07, 6.45) is 0.173. The topological polar surface area (TPSA) is 14.2 Å². The van der Waals surface area contributed by atoms with E-state index in [0.29, 0.717) is 4.38 Å². The lowest BCUT2D eigenvalue weighted by molar-refractivity contribution is 0.216. The summed E-state index contributed by atoms with van der Waals surface area (Å²) in [5.41, 5.74) is 2.53. The fourth-order valence-electron chi connectivity index (χ4n) is 2.86. The van der Waals surface area contributed by atoms with Gasteiger partial charge in [0, 0.05) is 27.6 Å². The van der Waals surface area contributed by atoms with E-state index in [0.717, 1.165) is 12.3 Å². The molecule has 3 aromatic rings. The van der Waals surface area contributed by atoms with E-state index in [2.05, 4.69) is 53.1 Å². The van der Waals surface area contributed by atoms with Gasteiger partial charge in [-0.15, -0.1) is 0 Å². The summed E-state index contributed by atoms with van der Waals surface area (Å²) in [7, 11) is 0. The molecule has 1 aromatic heterocycles. The Balaban J connectivity index is 1.89. The highest BCUT2D eigenvalue weighted by atomic mass is 32.2. The predicted octanol–water partition coefficient (Wildman–Crippen LogP) is 4.21. The molecule has 0 aliphatic carbocycles. The molecule has 2 heterocycles. The Labute approximate surface area is 126 Å². The second kappa shape index (κ2) is 4.79. The van der Waals surface area contributed by atoms with Crippen molar-refractivity contribution in [2.45, 2.75) is 12.6 Å². The molecule has 4 rings (SSSR count). The summed E-state index contributed by atoms with van der Waals surface area (Å²) in [5.74, 6) is 0.944. The summed E-state index contributed by atoms with van der Waals surface area (Å²) in [6.45, 7) is 0.848. The zero-order chi connectivity index (χ0) is 13.5. The van der Waals surface area contributed by atoms with Gasteiger partial charge in [-0.3, -0.25) is 0 Å². The van der Waals surface area contributed by atoms with Crippen LogP contribution in [0.15, 0.2) is 48.5 Å². The molecule has 4 heteroatoms. The number of hydrogen-bond donors (Lipinski definition) is 0. The van der Waals surface area contributed by atoms with Gasteiger partial charge in [-0.25, -0.2) is 0 Å². The molecule has 1 fully saturated rings. The van der Waals surface area contributed by atoms with Gasteiger partial charge in [0.25, 0.3) is 0 Å². The second-order valence-electron chi connectivity index (χ2n) is 4.95. The lowest BCUT2D eigenvalue weighted by Crippen LogP contribution is -2.17. The van der Waals surface area contributed by atoms with Crippen molar-refractivity contribution in [3.63, 3.8) is 0 Å². The summed E-state index contributed by atoms with van der Waals surface area (Å²) < 4.78 is 8.73. The van der Waals surface area contributed by atoms with Crippen LogP contribution in [0.4, 0.5) is 0 Å². The molecule has 1 atom stereocenters. The average Bonchev–Trinajstić information content (AvgIpc) is 3.03. The van der Waals surface area contributed by atoms with Gasteiger partial charge in [0.2, 0.25) is 4.38 Å². The van der Waals surface area contributed by atoms with E-state index in [4.69, 9.17) is 17.0 Å². The Morgan fingerprint density at radius 1 is 1.05 bits per heavy atom. The highest BCUT2D eigenvalue weighted by Gasteiger charge is 2.23. The van der Waals surface area contributed by atoms with Crippen molar-refractivity contribution in [1.29, 1.82) is 0 Å². The van der Waals surface area contributed by atoms with Gasteiger partial charge in [0.1, 0.15) is 6.10 Å². The van der Waals surface area contributed by atoms with Crippen molar-refractivity contribution in [1.82, 2.24) is 4.57 Å². The number of rotatable bonds is 2. The van der Waals surface area contributed by atoms with Crippen LogP contribution < -0.4 is 0 Å². The van der Waals surface area contributed by atoms with Gasteiger partial charge in [-0.2, -0.15) is 0 Å². The van der Waals surface area contributed by atoms with E-state index in [1.54, 1.807) is 11.8 Å². The van der Waals surface area contributed by atoms with Gasteiger partial charge >= 0.3 is 0 Å². The molecule has 0 saturated carbocycles. The van der Waals surface area contributed by atoms with Crippen molar-refractivity contribution in [3.8, 4) is 0 Å². The molecule has 1 saturated heterocycles. The minimum atomic E-state index is 0.173. The molecule has 2 aromatic carbocycles. The van der Waals surface area contributed by atoms with Crippen LogP contribution in [0.1, 0.15) is 0 Å². The fourth-order valence-corrected chi connectivity index (χ4v) is 3.90. The third kappa shape index (κ3) is 1.91. The Morgan fingerprint density at radius 2 is 1.65 bits per heavy atom. The predicted molar refractivity (Wildman–Crippen MR) is 89.4 cm³/mol. The number of aromatic nitrogens is 1. The quantitative estimate of drug-likeness (QED) is 0.659. The van der Waals surface area contributed by atoms with Crippen LogP contribution in [-0.4, -0.2) is 20.8 Å². The maximum absolute atomic E-state index is 5.71. The molecule has 1 unspecified atom stereocenters. The number of nitrogens with zero attached hydrogens (tertiary/aromatic N) is 1. The molecular formula is C16H13NOS2. The molecule has 100 valence electrons. The average molecular weight is 299 g/mol. The zero-order valence-corrected chi connectivity index (χ0v) is 12.4. The van der Waals surface area contributed by atoms with Crippen molar-refractivity contribution in [2.75, 3.05) is 5.75 Å². The summed E-state index contributed by atoms with van der Waals surface area (Å²) >= 11 is 6.75. The van der Waals surface area contributed by atoms with E-state index < -0.39 is 0 Å². The van der Waals surface area contributed by atoms with Crippen LogP contribution >= 0.6 is 24.0 Å². The number of benzene rings is 2. The minimum absolute atomic E-state index is 0.173. The first-order valence-electron chi connectivity index (χ1n) is 6.62. The lowest BCUT2D eigenvalue weighted by Gasteiger charge is -2.12. The maximum atomic E-state index is 5.71. The van der Waals surface area contributed by atoms with E-state index >= 15 is 0 Å². The van der Waals surface area contributed by atoms with Crippen molar-refractivity contribution in [2.24, 2.45) is 0 Å². The first-order valence-corrected chi connectivity index (χ1v) is 8.02. The van der Waals surface area contributed by atoms with Crippen LogP contribution in [0.2, 0.25) is 0 Å². The molecule has 0 radical (unpaired) electrons. The third-order valence-electron chi connectivity index (χ3n) is 3.72. The second-order valence-corrected chi connectivity index (χ2v) is 6.57. The lowest BCUT2D eigenvalue weighted by atomic mass is 10.2. The first kappa shape index (κ1) is 12.2. The van der Waals surface area contributed by atoms with E-state index in [1.807, 2.05) is 0 Å². The highest BCUT2D eigenvalue weighted by molar-refractivity contribution is 8.22. The number of para-hydroxylation sites is 2. The molecule has 0 N–H and O–H groups in total. The van der Waals surface area contributed by atoms with Gasteiger partial charge in [-0.05, 0) is 24.4 Å². The van der Waals surface area contributed by atoms with E-state index in [9.17, 15) is 0 Å². The Kier molecular flexibility index (Phi) is 2.93. The highest BCUT2D eigenvalue weighted by Crippen LogP contribution is 2.30. The van der Waals surface area contributed by atoms with Gasteiger partial charge in [0.15, 0.2) is 0 Å². The van der Waals surface area contributed by atoms with Crippen LogP contribution in [-0.2, 0) is 11.3 Å². The van der Waals surface area contributed by atoms with Crippen molar-refractivity contribution in [3.05, 3.63) is 48.5 Å². The molecule has 1 aliphatic heterocycles. The molecule has 0 spiro atoms. The van der Waals surface area contributed by atoms with Crippen LogP contribution in [0, 0.1) is 0 Å². The monoisotopic (exact) mass is 299 g/mol. The maximum Gasteiger partial charge on any atom is 0.220 e. The van der Waals surface area contributed by atoms with Crippen molar-refractivity contribution < 1.29 is 4.74 Å². The molecular weight excluding hydrogens is 286 g/mol. The standard InChI is InChI=1S/C16H13NOS2/c19-16-18-11(10-20-16)9-17-14-7-3-1-5-12(14)13-6-2-4-8-15(13)17/h1-8,11H,9-10H2. The Bertz CT molecular complexity index is 755. The van der Waals surface area contributed by atoms with Gasteiger partial charge in [-0.1, -0.05) is 48.2 Å². The van der Waals surface area contributed by atoms with E-state index in [1.165, 1.54) is 21.8 Å². The SMILES string of the molecule is S=C1OC(Cn2c3ccccc3c3ccccc32)CS1. The number of hydrogen-bond acceptors (Lipinski definition) is 3. The van der Waals surface area contributed by atoms with Crippen molar-refractivity contribution >= 4 is 50.2 Å². The normalized spacial score (nSPS) is 18.8. The van der Waals surface area contributed by atoms with Crippen LogP contribution in [0.5, 0.6) is 0 Å². The number of ether oxygens (including phenoxy) is 1. The Hall–Kier alpha value is -1.52. The first-order chi connectivity index (χ1) is 9.83. The number of thioether (sulfide) groups is 1. The van der Waals surface area contributed by atoms with Crippen LogP contribution in [0.25, 0.3) is 21.8 Å². The molecule has 2 nitrogen and oxygen atoms in total. The smallest absolute Gasteiger partial charge is 0.220 e. The molecule has 20 heavy (non-hydrogen) atoms. The zero-order valence-electron chi connectivity index (χ0n) is 10.8. The largest absolute Gasteiger partial charge is 0.472 e. The number of thiocarbonyl (C=S) groups is 1. The summed E-state index contributed by atoms with van der Waals surface area (Å²) in [6, 6.07) is 17.1. The minimum Gasteiger partial charge on any atom is -0.472 e. The molecule has 0 bridgehead atoms. The fraction of sp³-hybridized carbons (Fsp3) is 0.188. The van der Waals surface area contributed by atoms with Crippen LogP contribution in [0.3, 0.4) is 0 Å². The van der Waals surface area contributed by atoms with Gasteiger partial charge < -0.3 is 9.30 Å². The summed E-state index contributed by atoms with van der Waals surface area (Å²) in [4.78, 5) is 0. The van der Waals surface area contributed by atoms with E-state index in [-0.39, 0.29) is 6.10 Å². The van der Waals surface area contributed by atoms with Gasteiger partial charge in [0.05, 0.1) is 6.54 Å². The number of fused-ring (bicyclic) bond motifs is 3.